The second-order valence-corrected chi connectivity index (χ2v) is 7.14. The average Bonchev–Trinajstić information content (AvgIpc) is 3.23. The number of aliphatic carboxylic acids is 1. The van der Waals surface area contributed by atoms with E-state index in [1.54, 1.807) is 24.1 Å². The van der Waals surface area contributed by atoms with Gasteiger partial charge in [-0.2, -0.15) is 0 Å². The number of amides is 1. The molecule has 1 fully saturated rings. The quantitative estimate of drug-likeness (QED) is 0.886. The van der Waals surface area contributed by atoms with Crippen LogP contribution in [0.4, 0.5) is 0 Å². The Morgan fingerprint density at radius 2 is 2.11 bits per heavy atom. The van der Waals surface area contributed by atoms with Gasteiger partial charge in [-0.3, -0.25) is 9.59 Å². The van der Waals surface area contributed by atoms with Gasteiger partial charge in [0, 0.05) is 26.1 Å². The number of ether oxygens (including phenoxy) is 2. The van der Waals surface area contributed by atoms with Crippen LogP contribution < -0.4 is 4.74 Å². The van der Waals surface area contributed by atoms with E-state index in [4.69, 9.17) is 13.9 Å². The fourth-order valence-electron chi connectivity index (χ4n) is 4.05. The molecule has 1 aromatic heterocycles. The molecule has 1 aromatic carbocycles. The minimum absolute atomic E-state index is 0.129. The van der Waals surface area contributed by atoms with Crippen molar-refractivity contribution >= 4 is 11.9 Å². The molecule has 0 radical (unpaired) electrons. The molecule has 7 nitrogen and oxygen atoms in total. The van der Waals surface area contributed by atoms with Crippen molar-refractivity contribution in [1.29, 1.82) is 0 Å². The Bertz CT molecular complexity index is 875. The molecule has 27 heavy (non-hydrogen) atoms. The number of carbonyl (C=O) groups is 2. The first-order valence-electron chi connectivity index (χ1n) is 8.84. The molecule has 1 saturated heterocycles. The van der Waals surface area contributed by atoms with Crippen LogP contribution in [-0.2, 0) is 22.6 Å². The molecule has 0 aliphatic carbocycles. The molecule has 142 valence electrons. The summed E-state index contributed by atoms with van der Waals surface area (Å²) < 4.78 is 16.4. The van der Waals surface area contributed by atoms with E-state index in [0.717, 1.165) is 11.3 Å². The van der Waals surface area contributed by atoms with Gasteiger partial charge < -0.3 is 23.9 Å². The number of carboxylic acid groups (broad SMARTS) is 1. The molecule has 0 bridgehead atoms. The Morgan fingerprint density at radius 3 is 2.89 bits per heavy atom. The van der Waals surface area contributed by atoms with E-state index in [9.17, 15) is 14.7 Å². The number of carboxylic acids is 1. The van der Waals surface area contributed by atoms with Crippen molar-refractivity contribution in [3.63, 3.8) is 0 Å². The second kappa shape index (κ2) is 6.74. The summed E-state index contributed by atoms with van der Waals surface area (Å²) in [4.78, 5) is 26.7. The Morgan fingerprint density at radius 1 is 1.30 bits per heavy atom. The maximum atomic E-state index is 12.9. The number of carbonyl (C=O) groups excluding carboxylic acids is 1. The lowest BCUT2D eigenvalue weighted by molar-refractivity contribution is -0.150. The van der Waals surface area contributed by atoms with Crippen LogP contribution in [0.25, 0.3) is 0 Å². The first-order valence-corrected chi connectivity index (χ1v) is 8.84. The largest absolute Gasteiger partial charge is 0.493 e. The van der Waals surface area contributed by atoms with Crippen LogP contribution in [0, 0.1) is 11.3 Å². The van der Waals surface area contributed by atoms with Gasteiger partial charge in [0.15, 0.2) is 5.76 Å². The third-order valence-electron chi connectivity index (χ3n) is 5.49. The van der Waals surface area contributed by atoms with Crippen molar-refractivity contribution < 1.29 is 28.6 Å². The standard InChI is InChI=1S/C20H21NO6/c1-25-11-15-6-7-17(27-15)18(22)21-9-14-10-26-16-5-3-2-4-13(16)8-20(14,12-21)19(23)24/h2-7,14H,8-12H2,1H3,(H,23,24). The summed E-state index contributed by atoms with van der Waals surface area (Å²) in [5, 5.41) is 10.1. The Kier molecular flexibility index (Phi) is 4.39. The Hall–Kier alpha value is -2.80. The number of likely N-dealkylation sites (tertiary alicyclic amines) is 1. The van der Waals surface area contributed by atoms with Gasteiger partial charge in [-0.15, -0.1) is 0 Å². The number of fused-ring (bicyclic) bond motifs is 2. The van der Waals surface area contributed by atoms with Gasteiger partial charge in [0.2, 0.25) is 0 Å². The van der Waals surface area contributed by atoms with Gasteiger partial charge in [0.1, 0.15) is 18.1 Å². The van der Waals surface area contributed by atoms with Gasteiger partial charge in [0.05, 0.1) is 12.0 Å². The summed E-state index contributed by atoms with van der Waals surface area (Å²) in [6.45, 7) is 0.989. The van der Waals surface area contributed by atoms with E-state index in [2.05, 4.69) is 0 Å². The predicted molar refractivity (Wildman–Crippen MR) is 94.5 cm³/mol. The third-order valence-corrected chi connectivity index (χ3v) is 5.49. The van der Waals surface area contributed by atoms with E-state index in [0.29, 0.717) is 18.7 Å². The lowest BCUT2D eigenvalue weighted by Crippen LogP contribution is -2.42. The first-order chi connectivity index (χ1) is 13.0. The summed E-state index contributed by atoms with van der Waals surface area (Å²) in [5.41, 5.74) is -0.207. The Balaban J connectivity index is 1.61. The van der Waals surface area contributed by atoms with Crippen LogP contribution in [0.15, 0.2) is 40.8 Å². The molecule has 2 atom stereocenters. The highest BCUT2D eigenvalue weighted by molar-refractivity contribution is 5.92. The van der Waals surface area contributed by atoms with Crippen molar-refractivity contribution in [2.45, 2.75) is 13.0 Å². The monoisotopic (exact) mass is 371 g/mol. The number of para-hydroxylation sites is 1. The second-order valence-electron chi connectivity index (χ2n) is 7.14. The highest BCUT2D eigenvalue weighted by Crippen LogP contribution is 2.44. The SMILES string of the molecule is COCc1ccc(C(=O)N2CC3COc4ccccc4CC3(C(=O)O)C2)o1. The number of rotatable bonds is 4. The molecule has 1 amide bonds. The molecule has 0 saturated carbocycles. The Labute approximate surface area is 156 Å². The van der Waals surface area contributed by atoms with E-state index < -0.39 is 11.4 Å². The summed E-state index contributed by atoms with van der Waals surface area (Å²) in [5.74, 6) is -0.0257. The maximum absolute atomic E-state index is 12.9. The molecular formula is C20H21NO6. The van der Waals surface area contributed by atoms with E-state index in [-0.39, 0.29) is 37.3 Å². The van der Waals surface area contributed by atoms with E-state index >= 15 is 0 Å². The average molecular weight is 371 g/mol. The third kappa shape index (κ3) is 2.98. The minimum Gasteiger partial charge on any atom is -0.493 e. The van der Waals surface area contributed by atoms with Gasteiger partial charge in [-0.1, -0.05) is 18.2 Å². The number of hydrogen-bond donors (Lipinski definition) is 1. The highest BCUT2D eigenvalue weighted by Gasteiger charge is 2.55. The summed E-state index contributed by atoms with van der Waals surface area (Å²) in [6.07, 6.45) is 0.333. The molecule has 2 aliphatic rings. The molecule has 1 N–H and O–H groups in total. The summed E-state index contributed by atoms with van der Waals surface area (Å²) in [7, 11) is 1.55. The van der Waals surface area contributed by atoms with Gasteiger partial charge >= 0.3 is 5.97 Å². The molecule has 0 spiro atoms. The first kappa shape index (κ1) is 17.6. The molecule has 7 heteroatoms. The lowest BCUT2D eigenvalue weighted by Gasteiger charge is -2.27. The number of nitrogens with zero attached hydrogens (tertiary/aromatic N) is 1. The van der Waals surface area contributed by atoms with Gasteiger partial charge in [-0.05, 0) is 30.2 Å². The van der Waals surface area contributed by atoms with Crippen LogP contribution in [0.1, 0.15) is 21.9 Å². The fourth-order valence-corrected chi connectivity index (χ4v) is 4.05. The minimum atomic E-state index is -1.07. The fraction of sp³-hybridized carbons (Fsp3) is 0.400. The number of furan rings is 1. The molecule has 2 aliphatic heterocycles. The zero-order chi connectivity index (χ0) is 19.0. The topological polar surface area (TPSA) is 89.2 Å². The smallest absolute Gasteiger partial charge is 0.312 e. The summed E-state index contributed by atoms with van der Waals surface area (Å²) in [6, 6.07) is 10.8. The number of hydrogen-bond acceptors (Lipinski definition) is 5. The molecule has 3 heterocycles. The molecular weight excluding hydrogens is 350 g/mol. The van der Waals surface area contributed by atoms with Gasteiger partial charge in [-0.25, -0.2) is 0 Å². The maximum Gasteiger partial charge on any atom is 0.312 e. The molecule has 4 rings (SSSR count). The van der Waals surface area contributed by atoms with Crippen molar-refractivity contribution in [2.24, 2.45) is 11.3 Å². The highest BCUT2D eigenvalue weighted by atomic mass is 16.5. The van der Waals surface area contributed by atoms with Crippen LogP contribution in [0.2, 0.25) is 0 Å². The van der Waals surface area contributed by atoms with Crippen LogP contribution >= 0.6 is 0 Å². The predicted octanol–water partition coefficient (Wildman–Crippen LogP) is 2.20. The molecule has 2 unspecified atom stereocenters. The lowest BCUT2D eigenvalue weighted by atomic mass is 9.74. The van der Waals surface area contributed by atoms with Crippen LogP contribution in [0.5, 0.6) is 5.75 Å². The normalized spacial score (nSPS) is 23.9. The van der Waals surface area contributed by atoms with Crippen LogP contribution in [0.3, 0.4) is 0 Å². The van der Waals surface area contributed by atoms with Crippen molar-refractivity contribution in [3.05, 3.63) is 53.5 Å². The number of benzene rings is 1. The summed E-state index contributed by atoms with van der Waals surface area (Å²) >= 11 is 0. The van der Waals surface area contributed by atoms with Gasteiger partial charge in [0.25, 0.3) is 5.91 Å². The van der Waals surface area contributed by atoms with Crippen molar-refractivity contribution in [3.8, 4) is 5.75 Å². The van der Waals surface area contributed by atoms with Crippen LogP contribution in [-0.4, -0.2) is 48.7 Å². The van der Waals surface area contributed by atoms with Crippen molar-refractivity contribution in [2.75, 3.05) is 26.8 Å². The van der Waals surface area contributed by atoms with E-state index in [1.807, 2.05) is 24.3 Å². The van der Waals surface area contributed by atoms with E-state index in [1.165, 1.54) is 0 Å². The molecule has 2 aromatic rings. The zero-order valence-electron chi connectivity index (χ0n) is 15.0. The zero-order valence-corrected chi connectivity index (χ0v) is 15.0. The number of methoxy groups -OCH3 is 1. The van der Waals surface area contributed by atoms with Crippen molar-refractivity contribution in [1.82, 2.24) is 4.90 Å².